The summed E-state index contributed by atoms with van der Waals surface area (Å²) in [5, 5.41) is 25.5. The highest BCUT2D eigenvalue weighted by molar-refractivity contribution is 14.0. The van der Waals surface area contributed by atoms with Gasteiger partial charge in [-0.15, -0.1) is 34.2 Å². The van der Waals surface area contributed by atoms with E-state index in [4.69, 9.17) is 0 Å². The average Bonchev–Trinajstić information content (AvgIpc) is 3.14. The third kappa shape index (κ3) is 6.90. The Hall–Kier alpha value is -2.20. The molecule has 3 rings (SSSR count). The van der Waals surface area contributed by atoms with Crippen LogP contribution in [0.25, 0.3) is 5.65 Å². The summed E-state index contributed by atoms with van der Waals surface area (Å²) in [7, 11) is 0. The van der Waals surface area contributed by atoms with Gasteiger partial charge in [-0.1, -0.05) is 51.1 Å². The molecule has 1 unspecified atom stereocenters. The number of rotatable bonds is 7. The molecule has 0 aliphatic heterocycles. The van der Waals surface area contributed by atoms with Crippen molar-refractivity contribution in [3.05, 3.63) is 65.6 Å². The van der Waals surface area contributed by atoms with Crippen LogP contribution in [0.2, 0.25) is 0 Å². The number of halogens is 1. The van der Waals surface area contributed by atoms with E-state index < -0.39 is 6.10 Å². The topological polar surface area (TPSA) is 86.8 Å². The molecule has 2 aromatic heterocycles. The van der Waals surface area contributed by atoms with Gasteiger partial charge in [0.05, 0.1) is 12.6 Å². The number of nitrogens with one attached hydrogen (secondary N) is 2. The summed E-state index contributed by atoms with van der Waals surface area (Å²) in [6.07, 6.45) is 2.03. The van der Waals surface area contributed by atoms with Crippen molar-refractivity contribution < 1.29 is 5.11 Å². The van der Waals surface area contributed by atoms with Crippen LogP contribution in [0.3, 0.4) is 0 Å². The van der Waals surface area contributed by atoms with Crippen LogP contribution in [-0.2, 0) is 11.8 Å². The number of hydrogen-bond donors (Lipinski definition) is 3. The minimum absolute atomic E-state index is 0. The van der Waals surface area contributed by atoms with Crippen LogP contribution in [0.1, 0.15) is 50.8 Å². The van der Waals surface area contributed by atoms with E-state index in [1.807, 2.05) is 47.9 Å². The standard InChI is InChI=1S/C23H32N6O.HI/c1-5-24-22(25-14-13-21-28-27-20-8-6-7-15-29(20)21)26-16-19(30)17-9-11-18(12-10-17)23(2,3)4;/h6-12,15,19,30H,5,13-14,16H2,1-4H3,(H2,24,25,26);1H. The molecule has 0 spiro atoms. The molecule has 2 heterocycles. The number of benzene rings is 1. The number of nitrogens with zero attached hydrogens (tertiary/aromatic N) is 4. The van der Waals surface area contributed by atoms with Crippen LogP contribution in [0.15, 0.2) is 53.7 Å². The number of hydrogen-bond acceptors (Lipinski definition) is 4. The fraction of sp³-hybridized carbons (Fsp3) is 0.435. The summed E-state index contributed by atoms with van der Waals surface area (Å²) in [5.74, 6) is 1.57. The largest absolute Gasteiger partial charge is 0.386 e. The minimum Gasteiger partial charge on any atom is -0.386 e. The van der Waals surface area contributed by atoms with E-state index in [1.54, 1.807) is 0 Å². The first-order valence-electron chi connectivity index (χ1n) is 10.5. The van der Waals surface area contributed by atoms with Gasteiger partial charge >= 0.3 is 0 Å². The van der Waals surface area contributed by atoms with Crippen molar-refractivity contribution in [1.82, 2.24) is 25.2 Å². The number of aliphatic hydroxyl groups excluding tert-OH is 1. The van der Waals surface area contributed by atoms with Crippen LogP contribution in [0.5, 0.6) is 0 Å². The lowest BCUT2D eigenvalue weighted by Gasteiger charge is -2.20. The molecule has 0 saturated heterocycles. The molecule has 7 nitrogen and oxygen atoms in total. The second-order valence-electron chi connectivity index (χ2n) is 8.33. The fourth-order valence-electron chi connectivity index (χ4n) is 3.18. The van der Waals surface area contributed by atoms with Crippen molar-refractivity contribution >= 4 is 35.6 Å². The van der Waals surface area contributed by atoms with Crippen LogP contribution >= 0.6 is 24.0 Å². The molecular formula is C23H33IN6O. The lowest BCUT2D eigenvalue weighted by atomic mass is 9.86. The summed E-state index contributed by atoms with van der Waals surface area (Å²) < 4.78 is 1.98. The lowest BCUT2D eigenvalue weighted by molar-refractivity contribution is 0.187. The molecule has 0 saturated carbocycles. The van der Waals surface area contributed by atoms with Gasteiger partial charge in [0, 0.05) is 25.7 Å². The van der Waals surface area contributed by atoms with E-state index >= 15 is 0 Å². The third-order valence-electron chi connectivity index (χ3n) is 4.95. The van der Waals surface area contributed by atoms with Crippen molar-refractivity contribution in [1.29, 1.82) is 0 Å². The maximum absolute atomic E-state index is 10.5. The smallest absolute Gasteiger partial charge is 0.191 e. The quantitative estimate of drug-likeness (QED) is 0.245. The summed E-state index contributed by atoms with van der Waals surface area (Å²) in [6.45, 7) is 10.3. The van der Waals surface area contributed by atoms with Crippen LogP contribution in [0, 0.1) is 0 Å². The molecule has 1 aromatic carbocycles. The van der Waals surface area contributed by atoms with Crippen molar-refractivity contribution in [2.45, 2.75) is 45.6 Å². The number of aromatic nitrogens is 3. The third-order valence-corrected chi connectivity index (χ3v) is 4.95. The highest BCUT2D eigenvalue weighted by Gasteiger charge is 2.14. The van der Waals surface area contributed by atoms with Gasteiger partial charge in [-0.25, -0.2) is 0 Å². The lowest BCUT2D eigenvalue weighted by Crippen LogP contribution is -2.38. The Labute approximate surface area is 201 Å². The molecule has 0 radical (unpaired) electrons. The van der Waals surface area contributed by atoms with E-state index in [0.29, 0.717) is 18.9 Å². The van der Waals surface area contributed by atoms with E-state index in [1.165, 1.54) is 5.56 Å². The van der Waals surface area contributed by atoms with Crippen molar-refractivity contribution in [3.8, 4) is 0 Å². The van der Waals surface area contributed by atoms with Crippen molar-refractivity contribution in [2.24, 2.45) is 4.99 Å². The van der Waals surface area contributed by atoms with E-state index in [0.717, 1.165) is 23.6 Å². The highest BCUT2D eigenvalue weighted by Crippen LogP contribution is 2.24. The monoisotopic (exact) mass is 536 g/mol. The van der Waals surface area contributed by atoms with E-state index in [2.05, 4.69) is 58.7 Å². The molecule has 3 aromatic rings. The molecule has 0 bridgehead atoms. The first-order chi connectivity index (χ1) is 14.4. The van der Waals surface area contributed by atoms with Gasteiger partial charge in [0.1, 0.15) is 5.82 Å². The van der Waals surface area contributed by atoms with Crippen LogP contribution in [-0.4, -0.2) is 45.3 Å². The zero-order valence-corrected chi connectivity index (χ0v) is 21.0. The number of fused-ring (bicyclic) bond motifs is 1. The molecule has 31 heavy (non-hydrogen) atoms. The van der Waals surface area contributed by atoms with Crippen molar-refractivity contribution in [3.63, 3.8) is 0 Å². The zero-order chi connectivity index (χ0) is 21.6. The van der Waals surface area contributed by atoms with Crippen LogP contribution < -0.4 is 10.6 Å². The molecule has 0 fully saturated rings. The first-order valence-corrected chi connectivity index (χ1v) is 10.5. The van der Waals surface area contributed by atoms with Gasteiger partial charge < -0.3 is 15.7 Å². The van der Waals surface area contributed by atoms with Gasteiger partial charge in [-0.2, -0.15) is 0 Å². The SMILES string of the molecule is CCNC(=NCC(O)c1ccc(C(C)(C)C)cc1)NCCc1nnc2ccccn12.I. The second kappa shape index (κ2) is 11.4. The summed E-state index contributed by atoms with van der Waals surface area (Å²) in [5.41, 5.74) is 3.06. The van der Waals surface area contributed by atoms with Crippen LogP contribution in [0.4, 0.5) is 0 Å². The Morgan fingerprint density at radius 3 is 2.52 bits per heavy atom. The molecule has 8 heteroatoms. The first kappa shape index (κ1) is 25.1. The summed E-state index contributed by atoms with van der Waals surface area (Å²) in [6, 6.07) is 14.0. The van der Waals surface area contributed by atoms with Gasteiger partial charge in [0.25, 0.3) is 0 Å². The Bertz CT molecular complexity index is 978. The Balaban J connectivity index is 0.00000341. The van der Waals surface area contributed by atoms with E-state index in [-0.39, 0.29) is 35.9 Å². The number of pyridine rings is 1. The van der Waals surface area contributed by atoms with E-state index in [9.17, 15) is 5.11 Å². The molecule has 0 amide bonds. The molecule has 0 aliphatic rings. The number of aliphatic hydroxyl groups is 1. The Kier molecular flexibility index (Phi) is 9.24. The predicted octanol–water partition coefficient (Wildman–Crippen LogP) is 3.48. The van der Waals surface area contributed by atoms with Crippen molar-refractivity contribution in [2.75, 3.05) is 19.6 Å². The Morgan fingerprint density at radius 2 is 1.84 bits per heavy atom. The van der Waals surface area contributed by atoms with Gasteiger partial charge in [0.15, 0.2) is 11.6 Å². The average molecular weight is 536 g/mol. The highest BCUT2D eigenvalue weighted by atomic mass is 127. The fourth-order valence-corrected chi connectivity index (χ4v) is 3.18. The predicted molar refractivity (Wildman–Crippen MR) is 136 cm³/mol. The van der Waals surface area contributed by atoms with Gasteiger partial charge in [0.2, 0.25) is 0 Å². The normalized spacial score (nSPS) is 13.0. The second-order valence-corrected chi connectivity index (χ2v) is 8.33. The van der Waals surface area contributed by atoms with Gasteiger partial charge in [-0.3, -0.25) is 9.39 Å². The molecule has 1 atom stereocenters. The summed E-state index contributed by atoms with van der Waals surface area (Å²) in [4.78, 5) is 4.54. The maximum Gasteiger partial charge on any atom is 0.191 e. The summed E-state index contributed by atoms with van der Waals surface area (Å²) >= 11 is 0. The maximum atomic E-state index is 10.5. The zero-order valence-electron chi connectivity index (χ0n) is 18.7. The minimum atomic E-state index is -0.644. The number of guanidine groups is 1. The molecule has 168 valence electrons. The number of aliphatic imine (C=N–C) groups is 1. The Morgan fingerprint density at radius 1 is 1.10 bits per heavy atom. The molecule has 0 aliphatic carbocycles. The molecular weight excluding hydrogens is 503 g/mol. The van der Waals surface area contributed by atoms with Gasteiger partial charge in [-0.05, 0) is 35.6 Å². The molecule has 3 N–H and O–H groups in total.